The van der Waals surface area contributed by atoms with Crippen LogP contribution in [0.4, 0.5) is 8.39 Å². The van der Waals surface area contributed by atoms with Gasteiger partial charge in [0.2, 0.25) is 0 Å². The van der Waals surface area contributed by atoms with Crippen molar-refractivity contribution in [3.05, 3.63) is 0 Å². The molecule has 11 heavy (non-hydrogen) atoms. The Labute approximate surface area is 66.3 Å². The molecule has 0 aromatic carbocycles. The third kappa shape index (κ3) is 1.67. The molecule has 0 aliphatic carbocycles. The first-order valence-corrected chi connectivity index (χ1v) is 4.96. The van der Waals surface area contributed by atoms with Gasteiger partial charge in [-0.3, -0.25) is 0 Å². The number of halogens is 2. The van der Waals surface area contributed by atoms with Crippen molar-refractivity contribution in [3.63, 3.8) is 0 Å². The Morgan fingerprint density at radius 2 is 1.27 bits per heavy atom. The molecule has 0 aliphatic rings. The molecule has 0 N–H and O–H groups in total. The van der Waals surface area contributed by atoms with Crippen LogP contribution >= 0.6 is 7.75 Å². The molecule has 0 radical (unpaired) electrons. The van der Waals surface area contributed by atoms with Crippen LogP contribution in [0.15, 0.2) is 0 Å². The van der Waals surface area contributed by atoms with E-state index in [4.69, 9.17) is 0 Å². The van der Waals surface area contributed by atoms with E-state index >= 15 is 0 Å². The molecule has 0 saturated heterocycles. The van der Waals surface area contributed by atoms with Crippen LogP contribution in [-0.4, -0.2) is 44.6 Å². The minimum absolute atomic E-state index is 0.839. The topological polar surface area (TPSA) is 15.7 Å². The van der Waals surface area contributed by atoms with Crippen LogP contribution in [0.3, 0.4) is 0 Å². The summed E-state index contributed by atoms with van der Waals surface area (Å²) in [6.07, 6.45) is 0. The Hall–Kier alpha value is 0.170. The summed E-state index contributed by atoms with van der Waals surface area (Å²) >= 11 is 0. The van der Waals surface area contributed by atoms with E-state index in [1.165, 1.54) is 28.2 Å². The Bertz CT molecular complexity index is 139. The average molecular weight is 188 g/mol. The second-order valence-corrected chi connectivity index (χ2v) is 6.11. The zero-order valence-electron chi connectivity index (χ0n) is 7.51. The second-order valence-electron chi connectivity index (χ2n) is 2.63. The van der Waals surface area contributed by atoms with E-state index in [1.807, 2.05) is 0 Å². The van der Waals surface area contributed by atoms with Crippen LogP contribution < -0.4 is 0 Å². The monoisotopic (exact) mass is 188 g/mol. The maximum atomic E-state index is 13.5. The molecule has 0 spiro atoms. The minimum atomic E-state index is -5.18. The third-order valence-corrected chi connectivity index (χ3v) is 4.77. The van der Waals surface area contributed by atoms with Gasteiger partial charge in [-0.05, 0) is 0 Å². The third-order valence-electron chi connectivity index (χ3n) is 1.59. The van der Waals surface area contributed by atoms with E-state index < -0.39 is 7.75 Å². The number of rotatable bonds is 3. The summed E-state index contributed by atoms with van der Waals surface area (Å²) in [4.78, 5) is 0. The molecule has 0 unspecified atom stereocenters. The second kappa shape index (κ2) is 2.90. The van der Waals surface area contributed by atoms with Gasteiger partial charge in [0.1, 0.15) is 0 Å². The van der Waals surface area contributed by atoms with Gasteiger partial charge in [-0.25, -0.2) is 0 Å². The van der Waals surface area contributed by atoms with Gasteiger partial charge in [0, 0.05) is 0 Å². The summed E-state index contributed by atoms with van der Waals surface area (Å²) in [5, 5.41) is 0. The van der Waals surface area contributed by atoms with Crippen LogP contribution in [-0.2, 0) is 4.52 Å². The first-order valence-electron chi connectivity index (χ1n) is 3.12. The Kier molecular flexibility index (Phi) is 2.95. The standard InChI is InChI=1S/C5H15F2N2OP/c1-8(2)11(6,7,10-5)9(3)4/h1-5H3. The summed E-state index contributed by atoms with van der Waals surface area (Å²) in [7, 11) is 1.08. The van der Waals surface area contributed by atoms with Crippen molar-refractivity contribution < 1.29 is 12.9 Å². The van der Waals surface area contributed by atoms with Gasteiger partial charge in [-0.15, -0.1) is 0 Å². The van der Waals surface area contributed by atoms with Gasteiger partial charge in [-0.2, -0.15) is 0 Å². The van der Waals surface area contributed by atoms with E-state index in [1.54, 1.807) is 0 Å². The van der Waals surface area contributed by atoms with Crippen molar-refractivity contribution in [3.8, 4) is 0 Å². The predicted octanol–water partition coefficient (Wildman–Crippen LogP) is 1.82. The summed E-state index contributed by atoms with van der Waals surface area (Å²) in [6, 6.07) is 0. The fraction of sp³-hybridized carbons (Fsp3) is 1.00. The number of hydrogen-bond acceptors (Lipinski definition) is 3. The van der Waals surface area contributed by atoms with Crippen molar-refractivity contribution >= 4 is 7.75 Å². The zero-order valence-corrected chi connectivity index (χ0v) is 8.40. The van der Waals surface area contributed by atoms with Crippen molar-refractivity contribution in [1.82, 2.24) is 9.34 Å². The van der Waals surface area contributed by atoms with Crippen LogP contribution in [0.2, 0.25) is 0 Å². The Morgan fingerprint density at radius 3 is 1.27 bits per heavy atom. The van der Waals surface area contributed by atoms with Crippen LogP contribution in [0, 0.1) is 0 Å². The molecule has 0 aliphatic heterocycles. The Morgan fingerprint density at radius 1 is 1.00 bits per heavy atom. The van der Waals surface area contributed by atoms with E-state index in [0.717, 1.165) is 16.5 Å². The van der Waals surface area contributed by atoms with Gasteiger partial charge < -0.3 is 0 Å². The molecule has 0 saturated carbocycles. The molecule has 0 aromatic heterocycles. The van der Waals surface area contributed by atoms with Gasteiger partial charge in [0.25, 0.3) is 0 Å². The number of nitrogens with zero attached hydrogens (tertiary/aromatic N) is 2. The first kappa shape index (κ1) is 11.2. The predicted molar refractivity (Wildman–Crippen MR) is 43.5 cm³/mol. The SMILES string of the molecule is COP(F)(F)(N(C)C)N(C)C. The molecular weight excluding hydrogens is 173 g/mol. The molecule has 0 rings (SSSR count). The van der Waals surface area contributed by atoms with Gasteiger partial charge in [0.05, 0.1) is 0 Å². The van der Waals surface area contributed by atoms with Gasteiger partial charge in [-0.1, -0.05) is 0 Å². The van der Waals surface area contributed by atoms with Crippen LogP contribution in [0.25, 0.3) is 0 Å². The fourth-order valence-electron chi connectivity index (χ4n) is 0.684. The van der Waals surface area contributed by atoms with Crippen molar-refractivity contribution in [2.45, 2.75) is 0 Å². The molecule has 0 fully saturated rings. The summed E-state index contributed by atoms with van der Waals surface area (Å²) in [6.45, 7) is 0. The summed E-state index contributed by atoms with van der Waals surface area (Å²) in [5.41, 5.74) is 0. The Balaban J connectivity index is 4.80. The molecule has 0 atom stereocenters. The van der Waals surface area contributed by atoms with Crippen molar-refractivity contribution in [1.29, 1.82) is 0 Å². The van der Waals surface area contributed by atoms with E-state index in [0.29, 0.717) is 0 Å². The van der Waals surface area contributed by atoms with Gasteiger partial charge in [0.15, 0.2) is 0 Å². The van der Waals surface area contributed by atoms with Gasteiger partial charge >= 0.3 is 65.3 Å². The van der Waals surface area contributed by atoms with Crippen molar-refractivity contribution in [2.75, 3.05) is 35.3 Å². The van der Waals surface area contributed by atoms with Crippen molar-refractivity contribution in [2.24, 2.45) is 0 Å². The summed E-state index contributed by atoms with van der Waals surface area (Å²) < 4.78 is 33.1. The molecule has 3 nitrogen and oxygen atoms in total. The molecule has 0 heterocycles. The fourth-order valence-corrected chi connectivity index (χ4v) is 2.05. The van der Waals surface area contributed by atoms with Crippen LogP contribution in [0.1, 0.15) is 0 Å². The summed E-state index contributed by atoms with van der Waals surface area (Å²) in [5.74, 6) is 0. The zero-order chi connectivity index (χ0) is 9.31. The number of hydrogen-bond donors (Lipinski definition) is 0. The maximum absolute atomic E-state index is 13.5. The normalized spacial score (nSPS) is 17.0. The molecule has 6 heteroatoms. The van der Waals surface area contributed by atoms with Crippen LogP contribution in [0.5, 0.6) is 0 Å². The van der Waals surface area contributed by atoms with E-state index in [2.05, 4.69) is 4.52 Å². The quantitative estimate of drug-likeness (QED) is 0.628. The molecule has 0 aromatic rings. The molecule has 0 amide bonds. The van der Waals surface area contributed by atoms with E-state index in [9.17, 15) is 8.39 Å². The molecule has 0 bridgehead atoms. The molecule has 70 valence electrons. The average Bonchev–Trinajstić information content (AvgIpc) is 1.88. The molecular formula is C5H15F2N2OP. The van der Waals surface area contributed by atoms with E-state index in [-0.39, 0.29) is 0 Å². The first-order chi connectivity index (χ1) is 4.74.